The van der Waals surface area contributed by atoms with E-state index in [1.807, 2.05) is 25.1 Å². The molecule has 0 atom stereocenters. The van der Waals surface area contributed by atoms with E-state index >= 15 is 0 Å². The van der Waals surface area contributed by atoms with E-state index in [0.717, 1.165) is 73.0 Å². The van der Waals surface area contributed by atoms with Crippen molar-refractivity contribution in [3.8, 4) is 0 Å². The number of nitrogens with zero attached hydrogens (tertiary/aromatic N) is 5. The molecule has 1 aliphatic heterocycles. The average molecular weight is 470 g/mol. The van der Waals surface area contributed by atoms with Crippen LogP contribution >= 0.6 is 0 Å². The number of alkyl halides is 3. The maximum absolute atomic E-state index is 13.1. The van der Waals surface area contributed by atoms with Crippen molar-refractivity contribution in [2.24, 2.45) is 0 Å². The Bertz CT molecular complexity index is 1300. The lowest BCUT2D eigenvalue weighted by Gasteiger charge is -2.35. The minimum Gasteiger partial charge on any atom is -0.369 e. The molecule has 0 aliphatic carbocycles. The number of hydrogen-bond acceptors (Lipinski definition) is 5. The highest BCUT2D eigenvalue weighted by Crippen LogP contribution is 2.30. The van der Waals surface area contributed by atoms with Gasteiger partial charge >= 0.3 is 6.18 Å². The van der Waals surface area contributed by atoms with Crippen LogP contribution in [-0.2, 0) is 19.3 Å². The molecule has 0 radical (unpaired) electrons. The van der Waals surface area contributed by atoms with Crippen molar-refractivity contribution in [2.45, 2.75) is 26.2 Å². The van der Waals surface area contributed by atoms with Crippen LogP contribution in [0.15, 0.2) is 48.8 Å². The molecule has 0 bridgehead atoms. The minimum atomic E-state index is -4.38. The lowest BCUT2D eigenvalue weighted by atomic mass is 10.1. The molecule has 3 heterocycles. The van der Waals surface area contributed by atoms with E-state index < -0.39 is 11.7 Å². The third kappa shape index (κ3) is 4.45. The molecular weight excluding hydrogens is 443 g/mol. The van der Waals surface area contributed by atoms with Gasteiger partial charge in [-0.3, -0.25) is 4.90 Å². The SMILES string of the molecule is Cc1[nH]cnc1N1CCN(Cc2ccc3c(c2)nc(N)n3Cc2cccc(C(F)(F)F)c2)CC1. The lowest BCUT2D eigenvalue weighted by molar-refractivity contribution is -0.137. The van der Waals surface area contributed by atoms with Gasteiger partial charge in [-0.15, -0.1) is 0 Å². The Kier molecular flexibility index (Phi) is 5.68. The first-order valence-corrected chi connectivity index (χ1v) is 11.2. The third-order valence-electron chi connectivity index (χ3n) is 6.32. The number of nitrogens with two attached hydrogens (primary N) is 1. The van der Waals surface area contributed by atoms with Gasteiger partial charge in [0.25, 0.3) is 0 Å². The number of nitrogen functional groups attached to an aromatic ring is 1. The van der Waals surface area contributed by atoms with Gasteiger partial charge < -0.3 is 20.2 Å². The number of H-pyrrole nitrogens is 1. The molecule has 0 unspecified atom stereocenters. The molecule has 5 rings (SSSR count). The predicted octanol–water partition coefficient (Wildman–Crippen LogP) is 4.04. The Hall–Kier alpha value is -3.53. The van der Waals surface area contributed by atoms with Gasteiger partial charge in [-0.2, -0.15) is 13.2 Å². The molecule has 1 saturated heterocycles. The second-order valence-corrected chi connectivity index (χ2v) is 8.69. The van der Waals surface area contributed by atoms with Crippen molar-refractivity contribution in [1.29, 1.82) is 0 Å². The Morgan fingerprint density at radius 3 is 2.47 bits per heavy atom. The smallest absolute Gasteiger partial charge is 0.369 e. The topological polar surface area (TPSA) is 79.0 Å². The number of aryl methyl sites for hydroxylation is 1. The number of benzene rings is 2. The number of rotatable bonds is 5. The number of halogens is 3. The molecule has 1 aliphatic rings. The second-order valence-electron chi connectivity index (χ2n) is 8.69. The molecule has 10 heteroatoms. The normalized spacial score (nSPS) is 15.4. The van der Waals surface area contributed by atoms with Gasteiger partial charge in [-0.05, 0) is 42.3 Å². The second kappa shape index (κ2) is 8.68. The number of piperazine rings is 1. The fourth-order valence-electron chi connectivity index (χ4n) is 4.53. The van der Waals surface area contributed by atoms with Crippen LogP contribution in [0.5, 0.6) is 0 Å². The van der Waals surface area contributed by atoms with Crippen molar-refractivity contribution < 1.29 is 13.2 Å². The van der Waals surface area contributed by atoms with Crippen LogP contribution in [0, 0.1) is 6.92 Å². The van der Waals surface area contributed by atoms with Crippen molar-refractivity contribution in [3.05, 3.63) is 71.2 Å². The van der Waals surface area contributed by atoms with Crippen LogP contribution in [0.3, 0.4) is 0 Å². The Labute approximate surface area is 195 Å². The van der Waals surface area contributed by atoms with Crippen LogP contribution in [-0.4, -0.2) is 50.6 Å². The molecule has 2 aromatic carbocycles. The highest BCUT2D eigenvalue weighted by atomic mass is 19.4. The van der Waals surface area contributed by atoms with E-state index in [2.05, 4.69) is 24.8 Å². The number of aromatic amines is 1. The number of hydrogen-bond donors (Lipinski definition) is 2. The van der Waals surface area contributed by atoms with E-state index in [9.17, 15) is 13.2 Å². The van der Waals surface area contributed by atoms with Gasteiger partial charge in [-0.1, -0.05) is 18.2 Å². The number of anilines is 2. The molecule has 7 nitrogen and oxygen atoms in total. The molecule has 178 valence electrons. The largest absolute Gasteiger partial charge is 0.416 e. The van der Waals surface area contributed by atoms with Crippen LogP contribution in [0.1, 0.15) is 22.4 Å². The Balaban J connectivity index is 1.29. The molecule has 3 N–H and O–H groups in total. The first kappa shape index (κ1) is 22.3. The predicted molar refractivity (Wildman–Crippen MR) is 126 cm³/mol. The highest BCUT2D eigenvalue weighted by molar-refractivity contribution is 5.79. The summed E-state index contributed by atoms with van der Waals surface area (Å²) < 4.78 is 41.0. The third-order valence-corrected chi connectivity index (χ3v) is 6.32. The summed E-state index contributed by atoms with van der Waals surface area (Å²) >= 11 is 0. The zero-order valence-corrected chi connectivity index (χ0v) is 18.8. The summed E-state index contributed by atoms with van der Waals surface area (Å²) in [5.41, 5.74) is 9.75. The van der Waals surface area contributed by atoms with Crippen molar-refractivity contribution >= 4 is 22.8 Å². The summed E-state index contributed by atoms with van der Waals surface area (Å²) in [4.78, 5) is 16.7. The summed E-state index contributed by atoms with van der Waals surface area (Å²) in [6.07, 6.45) is -2.65. The van der Waals surface area contributed by atoms with Crippen LogP contribution in [0.25, 0.3) is 11.0 Å². The fourth-order valence-corrected chi connectivity index (χ4v) is 4.53. The number of imidazole rings is 2. The van der Waals surface area contributed by atoms with Gasteiger partial charge in [0.1, 0.15) is 5.82 Å². The van der Waals surface area contributed by atoms with Crippen molar-refractivity contribution in [2.75, 3.05) is 36.8 Å². The Morgan fingerprint density at radius 2 is 1.76 bits per heavy atom. The molecule has 34 heavy (non-hydrogen) atoms. The summed E-state index contributed by atoms with van der Waals surface area (Å²) in [6.45, 7) is 6.72. The van der Waals surface area contributed by atoms with E-state index in [1.54, 1.807) is 17.0 Å². The van der Waals surface area contributed by atoms with Crippen LogP contribution in [0.4, 0.5) is 24.9 Å². The molecule has 1 fully saturated rings. The van der Waals surface area contributed by atoms with E-state index in [4.69, 9.17) is 5.73 Å². The summed E-state index contributed by atoms with van der Waals surface area (Å²) in [6, 6.07) is 11.3. The van der Waals surface area contributed by atoms with Gasteiger partial charge in [0, 0.05) is 32.7 Å². The average Bonchev–Trinajstić information content (AvgIpc) is 3.36. The van der Waals surface area contributed by atoms with Crippen LogP contribution < -0.4 is 10.6 Å². The molecule has 0 amide bonds. The fraction of sp³-hybridized carbons (Fsp3) is 0.333. The van der Waals surface area contributed by atoms with Crippen molar-refractivity contribution in [3.63, 3.8) is 0 Å². The molecule has 0 spiro atoms. The van der Waals surface area contributed by atoms with E-state index in [-0.39, 0.29) is 12.5 Å². The zero-order chi connectivity index (χ0) is 23.9. The standard InChI is InChI=1S/C24H26F3N7/c1-16-22(30-15-29-16)33-9-7-32(8-10-33)13-18-5-6-21-20(12-18)31-23(28)34(21)14-17-3-2-4-19(11-17)24(25,26)27/h2-6,11-12,15H,7-10,13-14H2,1H3,(H2,28,31)(H,29,30). The monoisotopic (exact) mass is 469 g/mol. The highest BCUT2D eigenvalue weighted by Gasteiger charge is 2.30. The zero-order valence-electron chi connectivity index (χ0n) is 18.8. The molecule has 2 aromatic heterocycles. The minimum absolute atomic E-state index is 0.222. The lowest BCUT2D eigenvalue weighted by Crippen LogP contribution is -2.46. The quantitative estimate of drug-likeness (QED) is 0.461. The first-order chi connectivity index (χ1) is 16.3. The molecule has 0 saturated carbocycles. The molecular formula is C24H26F3N7. The van der Waals surface area contributed by atoms with E-state index in [0.29, 0.717) is 5.56 Å². The maximum atomic E-state index is 13.1. The van der Waals surface area contributed by atoms with Gasteiger partial charge in [0.05, 0.1) is 35.2 Å². The van der Waals surface area contributed by atoms with Gasteiger partial charge in [0.15, 0.2) is 0 Å². The van der Waals surface area contributed by atoms with Crippen molar-refractivity contribution in [1.82, 2.24) is 24.4 Å². The van der Waals surface area contributed by atoms with Crippen LogP contribution in [0.2, 0.25) is 0 Å². The maximum Gasteiger partial charge on any atom is 0.416 e. The summed E-state index contributed by atoms with van der Waals surface area (Å²) in [7, 11) is 0. The summed E-state index contributed by atoms with van der Waals surface area (Å²) in [5.74, 6) is 1.30. The number of nitrogens with one attached hydrogen (secondary N) is 1. The number of fused-ring (bicyclic) bond motifs is 1. The first-order valence-electron chi connectivity index (χ1n) is 11.2. The number of aromatic nitrogens is 4. The van der Waals surface area contributed by atoms with Gasteiger partial charge in [-0.25, -0.2) is 9.97 Å². The Morgan fingerprint density at radius 1 is 1.00 bits per heavy atom. The molecule has 4 aromatic rings. The van der Waals surface area contributed by atoms with E-state index in [1.165, 1.54) is 6.07 Å². The summed E-state index contributed by atoms with van der Waals surface area (Å²) in [5, 5.41) is 0. The van der Waals surface area contributed by atoms with Gasteiger partial charge in [0.2, 0.25) is 5.95 Å².